The first-order chi connectivity index (χ1) is 10.7. The number of rotatable bonds is 2. The van der Waals surface area contributed by atoms with Crippen LogP contribution in [0, 0.1) is 0 Å². The zero-order chi connectivity index (χ0) is 16.9. The van der Waals surface area contributed by atoms with Crippen molar-refractivity contribution in [3.05, 3.63) is 0 Å². The summed E-state index contributed by atoms with van der Waals surface area (Å²) in [4.78, 5) is 0.389. The van der Waals surface area contributed by atoms with Crippen LogP contribution < -0.4 is 0 Å². The number of aliphatic hydroxyl groups is 1. The second kappa shape index (κ2) is 6.24. The van der Waals surface area contributed by atoms with Gasteiger partial charge in [0.2, 0.25) is 0 Å². The Bertz CT molecular complexity index is 443. The minimum Gasteiger partial charge on any atom is -0.394 e. The van der Waals surface area contributed by atoms with Gasteiger partial charge >= 0.3 is 0 Å². The Morgan fingerprint density at radius 2 is 1.61 bits per heavy atom. The van der Waals surface area contributed by atoms with Gasteiger partial charge < -0.3 is 19.3 Å². The molecule has 3 heterocycles. The van der Waals surface area contributed by atoms with E-state index < -0.39 is 0 Å². The average Bonchev–Trinajstić information content (AvgIpc) is 2.49. The molecule has 0 aliphatic carbocycles. The van der Waals surface area contributed by atoms with Crippen molar-refractivity contribution in [2.75, 3.05) is 6.61 Å². The summed E-state index contributed by atoms with van der Waals surface area (Å²) in [6.07, 6.45) is 6.05. The summed E-state index contributed by atoms with van der Waals surface area (Å²) < 4.78 is 19.2. The van der Waals surface area contributed by atoms with Gasteiger partial charge in [-0.15, -0.1) is 0 Å². The van der Waals surface area contributed by atoms with Crippen LogP contribution in [-0.2, 0) is 14.2 Å². The molecule has 5 heteroatoms. The maximum Gasteiger partial charge on any atom is 0.0923 e. The van der Waals surface area contributed by atoms with E-state index in [2.05, 4.69) is 43.6 Å². The fourth-order valence-corrected chi connectivity index (χ4v) is 4.88. The quantitative estimate of drug-likeness (QED) is 0.732. The molecule has 3 aliphatic heterocycles. The summed E-state index contributed by atoms with van der Waals surface area (Å²) in [5, 5.41) is 9.38. The average molecular weight is 391 g/mol. The molecule has 0 aromatic heterocycles. The van der Waals surface area contributed by atoms with Crippen molar-refractivity contribution in [1.29, 1.82) is 0 Å². The van der Waals surface area contributed by atoms with Gasteiger partial charge in [-0.25, -0.2) is 0 Å². The Balaban J connectivity index is 1.70. The van der Waals surface area contributed by atoms with E-state index in [0.29, 0.717) is 4.83 Å². The molecule has 0 spiro atoms. The lowest BCUT2D eigenvalue weighted by Crippen LogP contribution is -2.62. The highest BCUT2D eigenvalue weighted by Crippen LogP contribution is 2.47. The molecule has 0 aromatic carbocycles. The van der Waals surface area contributed by atoms with Gasteiger partial charge in [0.15, 0.2) is 0 Å². The van der Waals surface area contributed by atoms with E-state index in [9.17, 15) is 5.11 Å². The van der Waals surface area contributed by atoms with E-state index >= 15 is 0 Å². The third-order valence-electron chi connectivity index (χ3n) is 6.13. The molecular weight excluding hydrogens is 360 g/mol. The van der Waals surface area contributed by atoms with Crippen molar-refractivity contribution < 1.29 is 19.3 Å². The van der Waals surface area contributed by atoms with Gasteiger partial charge in [0.1, 0.15) is 0 Å². The molecule has 6 atom stereocenters. The van der Waals surface area contributed by atoms with Crippen LogP contribution in [0.2, 0.25) is 0 Å². The molecule has 3 rings (SSSR count). The first-order valence-corrected chi connectivity index (χ1v) is 9.88. The Hall–Kier alpha value is 0.320. The number of halogens is 1. The fraction of sp³-hybridized carbons (Fsp3) is 1.00. The molecule has 23 heavy (non-hydrogen) atoms. The molecule has 0 unspecified atom stereocenters. The molecule has 3 aliphatic rings. The van der Waals surface area contributed by atoms with Crippen molar-refractivity contribution in [1.82, 2.24) is 0 Å². The van der Waals surface area contributed by atoms with E-state index in [0.717, 1.165) is 38.5 Å². The molecule has 4 nitrogen and oxygen atoms in total. The number of alkyl halides is 1. The van der Waals surface area contributed by atoms with Crippen LogP contribution in [0.1, 0.15) is 66.2 Å². The molecule has 3 fully saturated rings. The molecule has 1 N–H and O–H groups in total. The van der Waals surface area contributed by atoms with Crippen molar-refractivity contribution in [3.8, 4) is 0 Å². The van der Waals surface area contributed by atoms with Gasteiger partial charge in [-0.05, 0) is 66.2 Å². The summed E-state index contributed by atoms with van der Waals surface area (Å²) >= 11 is 3.75. The lowest BCUT2D eigenvalue weighted by atomic mass is 9.77. The molecular formula is C18H31BrO4. The summed E-state index contributed by atoms with van der Waals surface area (Å²) in [5.74, 6) is 0. The molecule has 0 radical (unpaired) electrons. The number of fused-ring (bicyclic) bond motifs is 1. The van der Waals surface area contributed by atoms with Gasteiger partial charge in [-0.2, -0.15) is 0 Å². The number of aliphatic hydroxyl groups excluding tert-OH is 1. The molecule has 0 aromatic rings. The third-order valence-corrected chi connectivity index (χ3v) is 7.69. The van der Waals surface area contributed by atoms with Crippen molar-refractivity contribution >= 4 is 15.9 Å². The van der Waals surface area contributed by atoms with Crippen LogP contribution in [-0.4, -0.2) is 51.7 Å². The maximum atomic E-state index is 9.38. The monoisotopic (exact) mass is 390 g/mol. The standard InChI is InChI=1S/C18H31BrO4/c1-16(2)13(19)7-9-18(4,23-16)15-8-10-17(3)14(21-15)6-5-12(11-20)22-17/h12-15,20H,5-11H2,1-4H3/t12-,13-,14-,15-,17+,18+/m1/s1. The predicted octanol–water partition coefficient (Wildman–Crippen LogP) is 3.58. The first kappa shape index (κ1) is 18.1. The van der Waals surface area contributed by atoms with E-state index in [1.54, 1.807) is 0 Å². The highest BCUT2D eigenvalue weighted by molar-refractivity contribution is 9.09. The topological polar surface area (TPSA) is 47.9 Å². The van der Waals surface area contributed by atoms with Gasteiger partial charge in [0, 0.05) is 4.83 Å². The molecule has 134 valence electrons. The first-order valence-electron chi connectivity index (χ1n) is 8.97. The normalized spacial score (nSPS) is 50.3. The number of ether oxygens (including phenoxy) is 3. The minimum absolute atomic E-state index is 0.0361. The van der Waals surface area contributed by atoms with Gasteiger partial charge in [-0.3, -0.25) is 0 Å². The number of hydrogen-bond donors (Lipinski definition) is 1. The van der Waals surface area contributed by atoms with E-state index in [4.69, 9.17) is 14.2 Å². The third kappa shape index (κ3) is 3.37. The Kier molecular flexibility index (Phi) is 4.92. The van der Waals surface area contributed by atoms with E-state index in [-0.39, 0.29) is 41.7 Å². The molecule has 3 saturated heterocycles. The van der Waals surface area contributed by atoms with Crippen LogP contribution in [0.5, 0.6) is 0 Å². The summed E-state index contributed by atoms with van der Waals surface area (Å²) in [6.45, 7) is 8.77. The van der Waals surface area contributed by atoms with Gasteiger partial charge in [0.05, 0.1) is 41.7 Å². The van der Waals surface area contributed by atoms with Crippen LogP contribution in [0.4, 0.5) is 0 Å². The highest BCUT2D eigenvalue weighted by Gasteiger charge is 2.53. The zero-order valence-corrected chi connectivity index (χ0v) is 16.4. The fourth-order valence-electron chi connectivity index (χ4n) is 4.56. The largest absolute Gasteiger partial charge is 0.394 e. The number of hydrogen-bond acceptors (Lipinski definition) is 4. The zero-order valence-electron chi connectivity index (χ0n) is 14.8. The summed E-state index contributed by atoms with van der Waals surface area (Å²) in [6, 6.07) is 0. The van der Waals surface area contributed by atoms with Crippen molar-refractivity contribution in [3.63, 3.8) is 0 Å². The minimum atomic E-state index is -0.263. The second-order valence-corrected chi connectivity index (χ2v) is 9.59. The molecule has 0 amide bonds. The van der Waals surface area contributed by atoms with Gasteiger partial charge in [0.25, 0.3) is 0 Å². The lowest BCUT2D eigenvalue weighted by Gasteiger charge is -2.55. The Labute approximate surface area is 148 Å². The second-order valence-electron chi connectivity index (χ2n) is 8.49. The smallest absolute Gasteiger partial charge is 0.0923 e. The van der Waals surface area contributed by atoms with Crippen LogP contribution in [0.3, 0.4) is 0 Å². The van der Waals surface area contributed by atoms with Crippen LogP contribution >= 0.6 is 15.9 Å². The van der Waals surface area contributed by atoms with E-state index in [1.165, 1.54) is 0 Å². The maximum absolute atomic E-state index is 9.38. The van der Waals surface area contributed by atoms with Gasteiger partial charge in [-0.1, -0.05) is 15.9 Å². The lowest BCUT2D eigenvalue weighted by molar-refractivity contribution is -0.289. The highest BCUT2D eigenvalue weighted by atomic mass is 79.9. The Morgan fingerprint density at radius 3 is 2.26 bits per heavy atom. The Morgan fingerprint density at radius 1 is 0.957 bits per heavy atom. The van der Waals surface area contributed by atoms with Crippen LogP contribution in [0.15, 0.2) is 0 Å². The molecule has 0 bridgehead atoms. The SMILES string of the molecule is CC1(C)O[C@](C)([C@H]2CC[C@]3(C)O[C@@H](CO)CC[C@H]3O2)CC[C@H]1Br. The molecule has 0 saturated carbocycles. The summed E-state index contributed by atoms with van der Waals surface area (Å²) in [5.41, 5.74) is -0.675. The van der Waals surface area contributed by atoms with Crippen molar-refractivity contribution in [2.45, 2.75) is 106 Å². The van der Waals surface area contributed by atoms with Crippen molar-refractivity contribution in [2.24, 2.45) is 0 Å². The van der Waals surface area contributed by atoms with E-state index in [1.807, 2.05) is 0 Å². The van der Waals surface area contributed by atoms with Crippen LogP contribution in [0.25, 0.3) is 0 Å². The summed E-state index contributed by atoms with van der Waals surface area (Å²) in [7, 11) is 0. The predicted molar refractivity (Wildman–Crippen MR) is 93.0 cm³/mol.